The second kappa shape index (κ2) is 6.45. The zero-order valence-electron chi connectivity index (χ0n) is 14.6. The molecule has 1 aliphatic rings. The molecule has 4 rings (SSSR count). The van der Waals surface area contributed by atoms with E-state index >= 15 is 0 Å². The maximum Gasteiger partial charge on any atom is 0.222 e. The maximum atomic E-state index is 13.3. The van der Waals surface area contributed by atoms with Gasteiger partial charge in [0.25, 0.3) is 0 Å². The molecule has 1 aromatic heterocycles. The molecule has 0 spiro atoms. The summed E-state index contributed by atoms with van der Waals surface area (Å²) in [5, 5.41) is 0. The van der Waals surface area contributed by atoms with E-state index in [1.807, 2.05) is 6.07 Å². The Morgan fingerprint density at radius 2 is 2.00 bits per heavy atom. The Bertz CT molecular complexity index is 919. The molecule has 0 saturated carbocycles. The molecule has 0 fully saturated rings. The highest BCUT2D eigenvalue weighted by Gasteiger charge is 2.17. The third-order valence-corrected chi connectivity index (χ3v) is 4.87. The van der Waals surface area contributed by atoms with E-state index in [1.54, 1.807) is 12.1 Å². The minimum atomic E-state index is -0.178. The molecular weight excluding hydrogens is 315 g/mol. The van der Waals surface area contributed by atoms with Gasteiger partial charge in [0.05, 0.1) is 0 Å². The summed E-state index contributed by atoms with van der Waals surface area (Å²) in [5.74, 6) is 0.549. The number of hydrogen-bond donors (Lipinski definition) is 0. The van der Waals surface area contributed by atoms with Gasteiger partial charge in [-0.15, -0.1) is 0 Å². The lowest BCUT2D eigenvalue weighted by molar-refractivity contribution is 0.292. The minimum absolute atomic E-state index is 0.178. The number of benzene rings is 2. The van der Waals surface area contributed by atoms with Crippen molar-refractivity contribution >= 4 is 16.7 Å². The van der Waals surface area contributed by atoms with Crippen LogP contribution in [-0.2, 0) is 6.54 Å². The van der Waals surface area contributed by atoms with Crippen molar-refractivity contribution in [2.45, 2.75) is 26.8 Å². The average Bonchev–Trinajstić information content (AvgIpc) is 2.99. The van der Waals surface area contributed by atoms with E-state index in [0.29, 0.717) is 0 Å². The highest BCUT2D eigenvalue weighted by molar-refractivity contribution is 5.77. The van der Waals surface area contributed by atoms with E-state index in [4.69, 9.17) is 4.42 Å². The summed E-state index contributed by atoms with van der Waals surface area (Å²) in [7, 11) is 0. The zero-order valence-corrected chi connectivity index (χ0v) is 14.6. The van der Waals surface area contributed by atoms with E-state index in [9.17, 15) is 4.39 Å². The Kier molecular flexibility index (Phi) is 4.14. The van der Waals surface area contributed by atoms with E-state index < -0.39 is 0 Å². The lowest BCUT2D eigenvalue weighted by Crippen LogP contribution is -2.28. The molecule has 3 nitrogen and oxygen atoms in total. The summed E-state index contributed by atoms with van der Waals surface area (Å²) < 4.78 is 19.3. The number of aryl methyl sites for hydroxylation is 2. The number of rotatable bonds is 3. The SMILES string of the molecule is Cc1cc2nc(C3=CCN(Cc4cccc(F)c4)CC3)oc2cc1C. The third kappa shape index (κ3) is 3.35. The zero-order chi connectivity index (χ0) is 17.4. The topological polar surface area (TPSA) is 29.3 Å². The van der Waals surface area contributed by atoms with Crippen LogP contribution < -0.4 is 0 Å². The Labute approximate surface area is 146 Å². The predicted octanol–water partition coefficient (Wildman–Crippen LogP) is 4.87. The highest BCUT2D eigenvalue weighted by atomic mass is 19.1. The fourth-order valence-electron chi connectivity index (χ4n) is 3.26. The van der Waals surface area contributed by atoms with Gasteiger partial charge >= 0.3 is 0 Å². The standard InChI is InChI=1S/C21H21FN2O/c1-14-10-19-20(11-15(14)2)25-21(23-19)17-6-8-24(9-7-17)13-16-4-3-5-18(22)12-16/h3-6,10-12H,7-9,13H2,1-2H3. The van der Waals surface area contributed by atoms with Crippen LogP contribution in [0.4, 0.5) is 4.39 Å². The lowest BCUT2D eigenvalue weighted by Gasteiger charge is -2.25. The number of nitrogens with zero attached hydrogens (tertiary/aromatic N) is 2. The van der Waals surface area contributed by atoms with Gasteiger partial charge in [0.15, 0.2) is 5.58 Å². The van der Waals surface area contributed by atoms with E-state index in [0.717, 1.165) is 54.2 Å². The summed E-state index contributed by atoms with van der Waals surface area (Å²) in [4.78, 5) is 6.96. The molecule has 0 unspecified atom stereocenters. The first-order chi connectivity index (χ1) is 12.1. The molecule has 0 bridgehead atoms. The summed E-state index contributed by atoms with van der Waals surface area (Å²) in [6.07, 6.45) is 3.06. The predicted molar refractivity (Wildman–Crippen MR) is 97.8 cm³/mol. The van der Waals surface area contributed by atoms with Crippen LogP contribution >= 0.6 is 0 Å². The largest absolute Gasteiger partial charge is 0.436 e. The van der Waals surface area contributed by atoms with Crippen LogP contribution in [0, 0.1) is 19.7 Å². The molecule has 2 aromatic carbocycles. The monoisotopic (exact) mass is 336 g/mol. The molecule has 3 aromatic rings. The number of halogens is 1. The molecule has 1 aliphatic heterocycles. The summed E-state index contributed by atoms with van der Waals surface area (Å²) in [6.45, 7) is 6.67. The van der Waals surface area contributed by atoms with Gasteiger partial charge in [-0.3, -0.25) is 4.90 Å². The van der Waals surface area contributed by atoms with Gasteiger partial charge in [0.2, 0.25) is 5.89 Å². The summed E-state index contributed by atoms with van der Waals surface area (Å²) in [6, 6.07) is 10.9. The molecule has 0 aliphatic carbocycles. The van der Waals surface area contributed by atoms with Crippen molar-refractivity contribution in [2.75, 3.05) is 13.1 Å². The lowest BCUT2D eigenvalue weighted by atomic mass is 10.1. The number of hydrogen-bond acceptors (Lipinski definition) is 3. The van der Waals surface area contributed by atoms with Gasteiger partial charge in [0.1, 0.15) is 11.3 Å². The summed E-state index contributed by atoms with van der Waals surface area (Å²) >= 11 is 0. The van der Waals surface area contributed by atoms with Crippen LogP contribution in [0.15, 0.2) is 46.9 Å². The first kappa shape index (κ1) is 16.0. The van der Waals surface area contributed by atoms with Crippen molar-refractivity contribution in [3.8, 4) is 0 Å². The van der Waals surface area contributed by atoms with Gasteiger partial charge in [-0.1, -0.05) is 18.2 Å². The molecule has 25 heavy (non-hydrogen) atoms. The second-order valence-corrected chi connectivity index (χ2v) is 6.77. The number of oxazole rings is 1. The van der Waals surface area contributed by atoms with Crippen LogP contribution in [0.3, 0.4) is 0 Å². The average molecular weight is 336 g/mol. The molecule has 2 heterocycles. The van der Waals surface area contributed by atoms with Crippen molar-refractivity contribution < 1.29 is 8.81 Å². The maximum absolute atomic E-state index is 13.3. The van der Waals surface area contributed by atoms with E-state index in [1.165, 1.54) is 17.2 Å². The van der Waals surface area contributed by atoms with Gasteiger partial charge in [-0.25, -0.2) is 9.37 Å². The second-order valence-electron chi connectivity index (χ2n) is 6.77. The Balaban J connectivity index is 1.50. The smallest absolute Gasteiger partial charge is 0.222 e. The highest BCUT2D eigenvalue weighted by Crippen LogP contribution is 2.27. The Hall–Kier alpha value is -2.46. The molecular formula is C21H21FN2O. The Morgan fingerprint density at radius 3 is 2.76 bits per heavy atom. The molecule has 0 N–H and O–H groups in total. The molecule has 0 atom stereocenters. The van der Waals surface area contributed by atoms with Crippen molar-refractivity contribution in [1.29, 1.82) is 0 Å². The molecule has 4 heteroatoms. The normalized spacial score (nSPS) is 15.6. The van der Waals surface area contributed by atoms with Gasteiger partial charge in [0, 0.05) is 25.2 Å². The van der Waals surface area contributed by atoms with Crippen molar-refractivity contribution in [1.82, 2.24) is 9.88 Å². The fourth-order valence-corrected chi connectivity index (χ4v) is 3.26. The quantitative estimate of drug-likeness (QED) is 0.683. The summed E-state index contributed by atoms with van der Waals surface area (Å²) in [5.41, 5.74) is 6.37. The van der Waals surface area contributed by atoms with Crippen LogP contribution in [0.1, 0.15) is 29.0 Å². The molecule has 0 saturated heterocycles. The van der Waals surface area contributed by atoms with Crippen LogP contribution in [-0.4, -0.2) is 23.0 Å². The van der Waals surface area contributed by atoms with Crippen molar-refractivity contribution in [3.63, 3.8) is 0 Å². The molecule has 0 amide bonds. The van der Waals surface area contributed by atoms with Gasteiger partial charge in [-0.05, 0) is 61.2 Å². The van der Waals surface area contributed by atoms with Gasteiger partial charge in [-0.2, -0.15) is 0 Å². The first-order valence-corrected chi connectivity index (χ1v) is 8.62. The number of fused-ring (bicyclic) bond motifs is 1. The van der Waals surface area contributed by atoms with Gasteiger partial charge < -0.3 is 4.42 Å². The molecule has 128 valence electrons. The first-order valence-electron chi connectivity index (χ1n) is 8.62. The van der Waals surface area contributed by atoms with Crippen molar-refractivity contribution in [3.05, 3.63) is 70.9 Å². The van der Waals surface area contributed by atoms with Crippen molar-refractivity contribution in [2.24, 2.45) is 0 Å². The van der Waals surface area contributed by atoms with E-state index in [-0.39, 0.29) is 5.82 Å². The third-order valence-electron chi connectivity index (χ3n) is 4.87. The number of aromatic nitrogens is 1. The Morgan fingerprint density at radius 1 is 1.16 bits per heavy atom. The fraction of sp³-hybridized carbons (Fsp3) is 0.286. The minimum Gasteiger partial charge on any atom is -0.436 e. The van der Waals surface area contributed by atoms with E-state index in [2.05, 4.69) is 41.9 Å². The molecule has 0 radical (unpaired) electrons. The van der Waals surface area contributed by atoms with Crippen LogP contribution in [0.25, 0.3) is 16.7 Å². The van der Waals surface area contributed by atoms with Crippen LogP contribution in [0.2, 0.25) is 0 Å². The van der Waals surface area contributed by atoms with Crippen LogP contribution in [0.5, 0.6) is 0 Å².